The van der Waals surface area contributed by atoms with Crippen LogP contribution >= 0.6 is 7.14 Å². The van der Waals surface area contributed by atoms with Crippen LogP contribution in [-0.2, 0) is 11.0 Å². The molecule has 0 saturated carbocycles. The average Bonchev–Trinajstić information content (AvgIpc) is 2.84. The van der Waals surface area contributed by atoms with E-state index in [2.05, 4.69) is 44.2 Å². The molecular weight excluding hydrogens is 447 g/mol. The minimum atomic E-state index is -1.86. The van der Waals surface area contributed by atoms with E-state index in [0.717, 1.165) is 38.0 Å². The molecule has 0 heterocycles. The second-order valence-electron chi connectivity index (χ2n) is 11.3. The van der Waals surface area contributed by atoms with Gasteiger partial charge in [0.2, 0.25) is 0 Å². The van der Waals surface area contributed by atoms with Gasteiger partial charge in [-0.1, -0.05) is 94.2 Å². The molecule has 0 saturated heterocycles. The highest BCUT2D eigenvalue weighted by molar-refractivity contribution is 7.63. The van der Waals surface area contributed by atoms with Gasteiger partial charge in [-0.3, -0.25) is 0 Å². The van der Waals surface area contributed by atoms with Crippen LogP contribution in [0.3, 0.4) is 0 Å². The molecule has 2 aromatic carbocycles. The van der Waals surface area contributed by atoms with Gasteiger partial charge in [-0.15, -0.1) is 0 Å². The van der Waals surface area contributed by atoms with E-state index in [1.165, 1.54) is 80.0 Å². The molecule has 3 atom stereocenters. The number of rotatable bonds is 15. The van der Waals surface area contributed by atoms with Crippen molar-refractivity contribution in [1.29, 1.82) is 0 Å². The van der Waals surface area contributed by atoms with Crippen molar-refractivity contribution in [1.82, 2.24) is 0 Å². The quantitative estimate of drug-likeness (QED) is 0.197. The van der Waals surface area contributed by atoms with Crippen LogP contribution < -0.4 is 0 Å². The van der Waals surface area contributed by atoms with Crippen molar-refractivity contribution in [3.05, 3.63) is 64.7 Å². The van der Waals surface area contributed by atoms with Crippen LogP contribution in [0.1, 0.15) is 118 Å². The molecule has 3 unspecified atom stereocenters. The van der Waals surface area contributed by atoms with Crippen LogP contribution in [0.4, 0.5) is 0 Å². The van der Waals surface area contributed by atoms with Gasteiger partial charge in [0.15, 0.2) is 0 Å². The molecule has 35 heavy (non-hydrogen) atoms. The van der Waals surface area contributed by atoms with E-state index in [-0.39, 0.29) is 0 Å². The first kappa shape index (κ1) is 28.0. The third kappa shape index (κ3) is 9.13. The number of phenols is 1. The van der Waals surface area contributed by atoms with Gasteiger partial charge >= 0.3 is 0 Å². The second-order valence-corrected chi connectivity index (χ2v) is 14.7. The molecule has 0 spiro atoms. The molecule has 0 bridgehead atoms. The van der Waals surface area contributed by atoms with Gasteiger partial charge in [-0.05, 0) is 86.4 Å². The van der Waals surface area contributed by atoms with Gasteiger partial charge in [0.05, 0.1) is 7.14 Å². The number of unbranched alkanes of at least 4 members (excludes halogenated alkanes) is 8. The van der Waals surface area contributed by atoms with Crippen LogP contribution in [0.15, 0.2) is 42.5 Å². The lowest BCUT2D eigenvalue weighted by molar-refractivity contribution is 0.424. The normalized spacial score (nSPS) is 19.3. The molecule has 2 aromatic rings. The molecule has 1 aliphatic rings. The van der Waals surface area contributed by atoms with E-state index in [0.29, 0.717) is 17.6 Å². The summed E-state index contributed by atoms with van der Waals surface area (Å²) in [6.45, 7) is 6.36. The second kappa shape index (κ2) is 14.3. The highest BCUT2D eigenvalue weighted by atomic mass is 31.2. The fourth-order valence-electron chi connectivity index (χ4n) is 5.94. The van der Waals surface area contributed by atoms with Crippen molar-refractivity contribution in [2.45, 2.75) is 109 Å². The molecular formula is C32H49O2P. The van der Waals surface area contributed by atoms with Gasteiger partial charge in [0.25, 0.3) is 0 Å². The van der Waals surface area contributed by atoms with E-state index in [4.69, 9.17) is 0 Å². The van der Waals surface area contributed by atoms with Crippen molar-refractivity contribution >= 4 is 7.14 Å². The Morgan fingerprint density at radius 3 is 2.17 bits per heavy atom. The molecule has 0 radical (unpaired) electrons. The van der Waals surface area contributed by atoms with E-state index < -0.39 is 7.14 Å². The number of benzene rings is 2. The van der Waals surface area contributed by atoms with Crippen LogP contribution in [0, 0.1) is 6.92 Å². The first-order valence-electron chi connectivity index (χ1n) is 14.3. The Morgan fingerprint density at radius 1 is 0.857 bits per heavy atom. The Kier molecular flexibility index (Phi) is 11.4. The molecule has 1 aliphatic carbocycles. The summed E-state index contributed by atoms with van der Waals surface area (Å²) in [5, 5.41) is 10.00. The standard InChI is InChI=1S/C32H49O2P/c1-4-5-23-35(3,34)24-13-11-9-7-6-8-10-12-14-32-30(27-17-15-26(2)16-18-27)21-19-28-25-29(33)20-22-31(28)32/h15-18,20,22,25,30,32-33H,4-14,19,21,23-24H2,1-3H3. The van der Waals surface area contributed by atoms with Crippen molar-refractivity contribution in [2.24, 2.45) is 0 Å². The molecule has 0 fully saturated rings. The van der Waals surface area contributed by atoms with E-state index in [9.17, 15) is 9.67 Å². The Balaban J connectivity index is 1.40. The van der Waals surface area contributed by atoms with E-state index in [1.807, 2.05) is 18.8 Å². The number of phenolic OH excluding ortho intramolecular Hbond substituents is 1. The first-order chi connectivity index (χ1) is 16.9. The zero-order valence-corrected chi connectivity index (χ0v) is 23.5. The molecule has 0 aromatic heterocycles. The summed E-state index contributed by atoms with van der Waals surface area (Å²) in [5.41, 5.74) is 5.62. The summed E-state index contributed by atoms with van der Waals surface area (Å²) in [6, 6.07) is 15.2. The largest absolute Gasteiger partial charge is 0.508 e. The number of hydrogen-bond acceptors (Lipinski definition) is 2. The maximum atomic E-state index is 12.5. The fraction of sp³-hybridized carbons (Fsp3) is 0.625. The topological polar surface area (TPSA) is 37.3 Å². The SMILES string of the molecule is CCCCP(C)(=O)CCCCCCCCCCC1c2ccc(O)cc2CCC1c1ccc(C)cc1. The zero-order chi connectivity index (χ0) is 25.1. The van der Waals surface area contributed by atoms with Crippen molar-refractivity contribution in [3.63, 3.8) is 0 Å². The Labute approximate surface area is 215 Å². The minimum Gasteiger partial charge on any atom is -0.508 e. The monoisotopic (exact) mass is 496 g/mol. The molecule has 2 nitrogen and oxygen atoms in total. The van der Waals surface area contributed by atoms with Gasteiger partial charge < -0.3 is 9.67 Å². The third-order valence-electron chi connectivity index (χ3n) is 8.12. The van der Waals surface area contributed by atoms with Crippen LogP contribution in [0.5, 0.6) is 5.75 Å². The van der Waals surface area contributed by atoms with Crippen LogP contribution in [0.2, 0.25) is 0 Å². The van der Waals surface area contributed by atoms with Crippen molar-refractivity contribution in [2.75, 3.05) is 19.0 Å². The summed E-state index contributed by atoms with van der Waals surface area (Å²) in [4.78, 5) is 0. The van der Waals surface area contributed by atoms with Gasteiger partial charge in [0, 0.05) is 12.3 Å². The lowest BCUT2D eigenvalue weighted by atomic mass is 9.70. The van der Waals surface area contributed by atoms with Crippen molar-refractivity contribution < 1.29 is 9.67 Å². The summed E-state index contributed by atoms with van der Waals surface area (Å²) in [6.07, 6.45) is 17.9. The van der Waals surface area contributed by atoms with Gasteiger partial charge in [0.1, 0.15) is 5.75 Å². The molecule has 1 N–H and O–H groups in total. The number of hydrogen-bond donors (Lipinski definition) is 1. The maximum Gasteiger partial charge on any atom is 0.115 e. The minimum absolute atomic E-state index is 0.402. The number of fused-ring (bicyclic) bond motifs is 1. The highest BCUT2D eigenvalue weighted by Gasteiger charge is 2.30. The first-order valence-corrected chi connectivity index (χ1v) is 16.9. The lowest BCUT2D eigenvalue weighted by Crippen LogP contribution is -2.19. The number of aromatic hydroxyl groups is 1. The summed E-state index contributed by atoms with van der Waals surface area (Å²) in [7, 11) is -1.86. The van der Waals surface area contributed by atoms with E-state index >= 15 is 0 Å². The third-order valence-corrected chi connectivity index (χ3v) is 10.6. The van der Waals surface area contributed by atoms with Crippen LogP contribution in [-0.4, -0.2) is 24.1 Å². The summed E-state index contributed by atoms with van der Waals surface area (Å²) < 4.78 is 12.5. The zero-order valence-electron chi connectivity index (χ0n) is 22.6. The van der Waals surface area contributed by atoms with E-state index in [1.54, 1.807) is 0 Å². The molecule has 3 rings (SSSR count). The Bertz CT molecular complexity index is 933. The van der Waals surface area contributed by atoms with Crippen LogP contribution in [0.25, 0.3) is 0 Å². The van der Waals surface area contributed by atoms with Gasteiger partial charge in [-0.2, -0.15) is 0 Å². The summed E-state index contributed by atoms with van der Waals surface area (Å²) >= 11 is 0. The molecule has 194 valence electrons. The predicted molar refractivity (Wildman–Crippen MR) is 153 cm³/mol. The summed E-state index contributed by atoms with van der Waals surface area (Å²) in [5.74, 6) is 1.54. The lowest BCUT2D eigenvalue weighted by Gasteiger charge is -2.34. The highest BCUT2D eigenvalue weighted by Crippen LogP contribution is 2.46. The van der Waals surface area contributed by atoms with Crippen molar-refractivity contribution in [3.8, 4) is 5.75 Å². The Morgan fingerprint density at radius 2 is 1.49 bits per heavy atom. The maximum absolute atomic E-state index is 12.5. The predicted octanol–water partition coefficient (Wildman–Crippen LogP) is 9.82. The number of aryl methyl sites for hydroxylation is 2. The molecule has 0 aliphatic heterocycles. The van der Waals surface area contributed by atoms with Gasteiger partial charge in [-0.25, -0.2) is 0 Å². The smallest absolute Gasteiger partial charge is 0.115 e. The fourth-order valence-corrected chi connectivity index (χ4v) is 8.05. The molecule has 3 heteroatoms. The Hall–Kier alpha value is -1.53. The average molecular weight is 497 g/mol. The molecule has 0 amide bonds.